The largest absolute Gasteiger partial charge is 0.469 e. The molecular formula is C22H30O5. The predicted molar refractivity (Wildman–Crippen MR) is 104 cm³/mol. The van der Waals surface area contributed by atoms with E-state index in [1.807, 2.05) is 6.92 Å². The number of carbonyl (C=O) groups excluding carboxylic acids is 2. The van der Waals surface area contributed by atoms with Crippen LogP contribution in [0, 0.1) is 5.92 Å². The number of hydrogen-bond acceptors (Lipinski definition) is 5. The van der Waals surface area contributed by atoms with Crippen molar-refractivity contribution >= 4 is 11.8 Å². The van der Waals surface area contributed by atoms with Crippen molar-refractivity contribution in [2.75, 3.05) is 7.11 Å². The van der Waals surface area contributed by atoms with Gasteiger partial charge >= 0.3 is 5.97 Å². The first kappa shape index (κ1) is 21.2. The van der Waals surface area contributed by atoms with Gasteiger partial charge in [-0.05, 0) is 32.4 Å². The zero-order valence-electron chi connectivity index (χ0n) is 16.9. The van der Waals surface area contributed by atoms with Crippen molar-refractivity contribution in [3.63, 3.8) is 0 Å². The Morgan fingerprint density at radius 2 is 2.04 bits per heavy atom. The minimum absolute atomic E-state index is 0.0929. The van der Waals surface area contributed by atoms with Crippen molar-refractivity contribution in [3.8, 4) is 0 Å². The molecule has 1 heterocycles. The third-order valence-electron chi connectivity index (χ3n) is 5.24. The minimum Gasteiger partial charge on any atom is -0.469 e. The second-order valence-corrected chi connectivity index (χ2v) is 7.47. The molecule has 2 atom stereocenters. The van der Waals surface area contributed by atoms with E-state index < -0.39 is 11.6 Å². The first-order chi connectivity index (χ1) is 12.7. The monoisotopic (exact) mass is 374 g/mol. The van der Waals surface area contributed by atoms with Crippen molar-refractivity contribution in [2.45, 2.75) is 65.4 Å². The van der Waals surface area contributed by atoms with E-state index in [2.05, 4.69) is 6.92 Å². The summed E-state index contributed by atoms with van der Waals surface area (Å²) in [6, 6.07) is 0. The van der Waals surface area contributed by atoms with Crippen LogP contribution in [0.3, 0.4) is 0 Å². The lowest BCUT2D eigenvalue weighted by atomic mass is 9.88. The number of esters is 1. The van der Waals surface area contributed by atoms with Gasteiger partial charge in [-0.1, -0.05) is 39.5 Å². The third kappa shape index (κ3) is 4.41. The number of aliphatic hydroxyl groups is 1. The Kier molecular flexibility index (Phi) is 6.82. The van der Waals surface area contributed by atoms with Crippen LogP contribution in [0.1, 0.15) is 59.8 Å². The lowest BCUT2D eigenvalue weighted by Crippen LogP contribution is -2.28. The zero-order valence-corrected chi connectivity index (χ0v) is 16.9. The van der Waals surface area contributed by atoms with E-state index in [1.54, 1.807) is 19.9 Å². The molecule has 0 amide bonds. The smallest absolute Gasteiger partial charge is 0.338 e. The molecule has 0 aromatic rings. The normalized spacial score (nSPS) is 24.1. The van der Waals surface area contributed by atoms with E-state index in [4.69, 9.17) is 9.47 Å². The Labute approximate surface area is 161 Å². The molecule has 0 saturated carbocycles. The summed E-state index contributed by atoms with van der Waals surface area (Å²) in [5.74, 6) is -0.235. The fraction of sp³-hybridized carbons (Fsp3) is 0.545. The summed E-state index contributed by atoms with van der Waals surface area (Å²) in [4.78, 5) is 25.2. The van der Waals surface area contributed by atoms with Crippen LogP contribution in [-0.4, -0.2) is 29.6 Å². The third-order valence-corrected chi connectivity index (χ3v) is 5.24. The number of carbonyl (C=O) groups is 2. The van der Waals surface area contributed by atoms with Crippen molar-refractivity contribution in [1.29, 1.82) is 0 Å². The molecule has 1 aliphatic heterocycles. The Morgan fingerprint density at radius 3 is 2.67 bits per heavy atom. The molecule has 1 aliphatic carbocycles. The number of ether oxygens (including phenoxy) is 2. The van der Waals surface area contributed by atoms with Gasteiger partial charge in [-0.25, -0.2) is 4.79 Å². The van der Waals surface area contributed by atoms with Crippen LogP contribution < -0.4 is 0 Å². The van der Waals surface area contributed by atoms with Crippen molar-refractivity contribution in [2.24, 2.45) is 5.92 Å². The maximum absolute atomic E-state index is 12.7. The summed E-state index contributed by atoms with van der Waals surface area (Å²) in [7, 11) is 1.29. The second-order valence-electron chi connectivity index (χ2n) is 7.47. The predicted octanol–water partition coefficient (Wildman–Crippen LogP) is 4.14. The number of allylic oxidation sites excluding steroid dienone is 3. The average Bonchev–Trinajstić information content (AvgIpc) is 2.84. The molecule has 0 spiro atoms. The molecule has 5 nitrogen and oxygen atoms in total. The highest BCUT2D eigenvalue weighted by Crippen LogP contribution is 2.47. The standard InChI is InChI=1S/C22H30O5/c1-6-7-8-9-10-14(2)19(23)12-17-20(21(24)26-5)16-11-15(3)27-13-18(16)22(17,4)25/h11-14,25H,6-10H2,1-5H3/b17-12-/t14-,22+/m1/s1. The van der Waals surface area contributed by atoms with E-state index >= 15 is 0 Å². The van der Waals surface area contributed by atoms with Gasteiger partial charge in [-0.2, -0.15) is 0 Å². The van der Waals surface area contributed by atoms with E-state index in [9.17, 15) is 14.7 Å². The summed E-state index contributed by atoms with van der Waals surface area (Å²) in [5, 5.41) is 11.1. The number of ketones is 1. The van der Waals surface area contributed by atoms with Crippen LogP contribution in [-0.2, 0) is 19.1 Å². The van der Waals surface area contributed by atoms with Gasteiger partial charge in [0.2, 0.25) is 0 Å². The molecule has 2 rings (SSSR count). The Balaban J connectivity index is 2.36. The van der Waals surface area contributed by atoms with Gasteiger partial charge in [0.15, 0.2) is 5.78 Å². The summed E-state index contributed by atoms with van der Waals surface area (Å²) in [5.41, 5.74) is 0.0140. The first-order valence-corrected chi connectivity index (χ1v) is 9.61. The van der Waals surface area contributed by atoms with Crippen molar-refractivity contribution < 1.29 is 24.2 Å². The summed E-state index contributed by atoms with van der Waals surface area (Å²) in [6.07, 6.45) is 9.74. The lowest BCUT2D eigenvalue weighted by molar-refractivity contribution is -0.135. The lowest BCUT2D eigenvalue weighted by Gasteiger charge is -2.24. The molecule has 0 aromatic carbocycles. The fourth-order valence-electron chi connectivity index (χ4n) is 3.49. The second kappa shape index (κ2) is 8.70. The van der Waals surface area contributed by atoms with Crippen LogP contribution in [0.2, 0.25) is 0 Å². The highest BCUT2D eigenvalue weighted by molar-refractivity contribution is 6.03. The zero-order chi connectivity index (χ0) is 20.2. The first-order valence-electron chi connectivity index (χ1n) is 9.61. The van der Waals surface area contributed by atoms with Gasteiger partial charge in [0.1, 0.15) is 11.4 Å². The Bertz CT molecular complexity index is 734. The van der Waals surface area contributed by atoms with Crippen LogP contribution >= 0.6 is 0 Å². The number of hydrogen-bond donors (Lipinski definition) is 1. The Hall–Kier alpha value is -2.14. The van der Waals surface area contributed by atoms with Crippen LogP contribution in [0.25, 0.3) is 0 Å². The molecule has 0 bridgehead atoms. The van der Waals surface area contributed by atoms with Gasteiger partial charge in [0, 0.05) is 22.6 Å². The Morgan fingerprint density at radius 1 is 1.33 bits per heavy atom. The molecular weight excluding hydrogens is 344 g/mol. The maximum Gasteiger partial charge on any atom is 0.338 e. The minimum atomic E-state index is -1.49. The molecule has 0 fully saturated rings. The van der Waals surface area contributed by atoms with Crippen LogP contribution in [0.4, 0.5) is 0 Å². The van der Waals surface area contributed by atoms with E-state index in [1.165, 1.54) is 19.4 Å². The highest BCUT2D eigenvalue weighted by Gasteiger charge is 2.46. The summed E-state index contributed by atoms with van der Waals surface area (Å²) < 4.78 is 10.3. The molecule has 5 heteroatoms. The molecule has 0 radical (unpaired) electrons. The maximum atomic E-state index is 12.7. The molecule has 1 N–H and O–H groups in total. The van der Waals surface area contributed by atoms with Crippen LogP contribution in [0.5, 0.6) is 0 Å². The number of unbranched alkanes of at least 4 members (excludes halogenated alkanes) is 3. The van der Waals surface area contributed by atoms with Gasteiger partial charge in [-0.3, -0.25) is 4.79 Å². The van der Waals surface area contributed by atoms with Gasteiger partial charge < -0.3 is 14.6 Å². The van der Waals surface area contributed by atoms with Crippen LogP contribution in [0.15, 0.2) is 46.5 Å². The van der Waals surface area contributed by atoms with E-state index in [-0.39, 0.29) is 22.8 Å². The molecule has 148 valence electrons. The summed E-state index contributed by atoms with van der Waals surface area (Å²) in [6.45, 7) is 7.36. The van der Waals surface area contributed by atoms with E-state index in [0.717, 1.165) is 32.1 Å². The molecule has 0 unspecified atom stereocenters. The molecule has 0 saturated heterocycles. The van der Waals surface area contributed by atoms with Gasteiger partial charge in [0.05, 0.1) is 18.9 Å². The van der Waals surface area contributed by atoms with Crippen molar-refractivity contribution in [1.82, 2.24) is 0 Å². The number of methoxy groups -OCH3 is 1. The molecule has 27 heavy (non-hydrogen) atoms. The van der Waals surface area contributed by atoms with Crippen molar-refractivity contribution in [3.05, 3.63) is 46.5 Å². The fourth-order valence-corrected chi connectivity index (χ4v) is 3.49. The average molecular weight is 374 g/mol. The highest BCUT2D eigenvalue weighted by atomic mass is 16.5. The van der Waals surface area contributed by atoms with Gasteiger partial charge in [0.25, 0.3) is 0 Å². The SMILES string of the molecule is CCCCCC[C@@H](C)C(=O)/C=C1/C(C(=O)OC)=C2C=C(C)OC=C2[C@@]1(C)O. The number of fused-ring (bicyclic) bond motifs is 1. The summed E-state index contributed by atoms with van der Waals surface area (Å²) >= 11 is 0. The topological polar surface area (TPSA) is 72.8 Å². The number of rotatable bonds is 8. The molecule has 2 aliphatic rings. The van der Waals surface area contributed by atoms with Gasteiger partial charge in [-0.15, -0.1) is 0 Å². The quantitative estimate of drug-likeness (QED) is 0.393. The van der Waals surface area contributed by atoms with E-state index in [0.29, 0.717) is 16.9 Å². The molecule has 0 aromatic heterocycles.